The molecule has 0 unspecified atom stereocenters. The van der Waals surface area contributed by atoms with Crippen LogP contribution in [0.15, 0.2) is 12.7 Å². The highest BCUT2D eigenvalue weighted by Crippen LogP contribution is 1.71. The average Bonchev–Trinajstić information content (AvgIpc) is 2.05. The second-order valence-electron chi connectivity index (χ2n) is 1.16. The number of carbonyl (C=O) groups excluding carboxylic acids is 1. The summed E-state index contributed by atoms with van der Waals surface area (Å²) in [6.07, 6.45) is 2.12. The van der Waals surface area contributed by atoms with Gasteiger partial charge in [-0.2, -0.15) is 0 Å². The molecule has 0 aromatic rings. The van der Waals surface area contributed by atoms with Crippen LogP contribution < -0.4 is 0 Å². The van der Waals surface area contributed by atoms with Gasteiger partial charge in [0, 0.05) is 6.08 Å². The third-order valence-corrected chi connectivity index (χ3v) is 0.413. The van der Waals surface area contributed by atoms with E-state index in [0.717, 1.165) is 6.08 Å². The largest absolute Gasteiger partial charge is 0.394 e. The SMILES string of the molecule is C=CC(=O)OC#N.OCCO. The van der Waals surface area contributed by atoms with Crippen molar-refractivity contribution < 1.29 is 19.7 Å². The van der Waals surface area contributed by atoms with E-state index in [1.807, 2.05) is 0 Å². The second kappa shape index (κ2) is 11.4. The van der Waals surface area contributed by atoms with E-state index in [1.54, 1.807) is 0 Å². The van der Waals surface area contributed by atoms with Crippen molar-refractivity contribution in [2.45, 2.75) is 0 Å². The molecule has 0 fully saturated rings. The van der Waals surface area contributed by atoms with Gasteiger partial charge in [-0.1, -0.05) is 6.58 Å². The van der Waals surface area contributed by atoms with E-state index in [2.05, 4.69) is 11.3 Å². The van der Waals surface area contributed by atoms with E-state index in [-0.39, 0.29) is 13.2 Å². The van der Waals surface area contributed by atoms with Crippen LogP contribution in [0.4, 0.5) is 0 Å². The van der Waals surface area contributed by atoms with E-state index < -0.39 is 5.97 Å². The molecule has 0 aromatic carbocycles. The minimum absolute atomic E-state index is 0.125. The topological polar surface area (TPSA) is 90.6 Å². The highest BCUT2D eigenvalue weighted by atomic mass is 16.5. The summed E-state index contributed by atoms with van der Waals surface area (Å²) in [6.45, 7) is 2.80. The number of nitrogens with zero attached hydrogens (tertiary/aromatic N) is 1. The van der Waals surface area contributed by atoms with Crippen molar-refractivity contribution in [1.29, 1.82) is 5.26 Å². The normalized spacial score (nSPS) is 6.64. The molecule has 11 heavy (non-hydrogen) atoms. The van der Waals surface area contributed by atoms with Gasteiger partial charge in [-0.3, -0.25) is 0 Å². The van der Waals surface area contributed by atoms with Gasteiger partial charge in [0.2, 0.25) is 0 Å². The highest BCUT2D eigenvalue weighted by Gasteiger charge is 1.87. The molecule has 5 heteroatoms. The summed E-state index contributed by atoms with van der Waals surface area (Å²) in [7, 11) is 0. The molecule has 0 aliphatic carbocycles. The van der Waals surface area contributed by atoms with Crippen molar-refractivity contribution in [1.82, 2.24) is 0 Å². The highest BCUT2D eigenvalue weighted by molar-refractivity contribution is 5.81. The third-order valence-electron chi connectivity index (χ3n) is 0.413. The summed E-state index contributed by atoms with van der Waals surface area (Å²) in [5.74, 6) is -0.720. The maximum absolute atomic E-state index is 9.85. The Morgan fingerprint density at radius 3 is 2.18 bits per heavy atom. The first-order valence-electron chi connectivity index (χ1n) is 2.67. The summed E-state index contributed by atoms with van der Waals surface area (Å²) >= 11 is 0. The number of carbonyl (C=O) groups is 1. The van der Waals surface area contributed by atoms with Gasteiger partial charge < -0.3 is 14.9 Å². The average molecular weight is 159 g/mol. The zero-order valence-electron chi connectivity index (χ0n) is 5.86. The van der Waals surface area contributed by atoms with Crippen LogP contribution in [-0.4, -0.2) is 29.4 Å². The van der Waals surface area contributed by atoms with Crippen LogP contribution in [0.5, 0.6) is 0 Å². The summed E-state index contributed by atoms with van der Waals surface area (Å²) < 4.78 is 3.74. The van der Waals surface area contributed by atoms with Gasteiger partial charge in [0.1, 0.15) is 0 Å². The fourth-order valence-corrected chi connectivity index (χ4v) is 0.0867. The summed E-state index contributed by atoms with van der Waals surface area (Å²) in [5.41, 5.74) is 0. The van der Waals surface area contributed by atoms with Crippen molar-refractivity contribution in [3.63, 3.8) is 0 Å². The lowest BCUT2D eigenvalue weighted by atomic mass is 10.7. The molecule has 0 saturated heterocycles. The Hall–Kier alpha value is -1.38. The van der Waals surface area contributed by atoms with Crippen molar-refractivity contribution in [2.75, 3.05) is 13.2 Å². The molecule has 0 rings (SSSR count). The Labute approximate surface area is 64.1 Å². The minimum Gasteiger partial charge on any atom is -0.394 e. The molecule has 0 amide bonds. The number of esters is 1. The summed E-state index contributed by atoms with van der Waals surface area (Å²) in [5, 5.41) is 22.9. The predicted molar refractivity (Wildman–Crippen MR) is 36.1 cm³/mol. The maximum atomic E-state index is 9.85. The van der Waals surface area contributed by atoms with Gasteiger partial charge in [-0.15, -0.1) is 5.26 Å². The third kappa shape index (κ3) is 17.7. The number of hydrogen-bond donors (Lipinski definition) is 2. The number of ether oxygens (including phenoxy) is 1. The lowest BCUT2D eigenvalue weighted by Gasteiger charge is -1.77. The standard InChI is InChI=1S/C4H3NO2.C2H6O2/c1-2-4(6)7-3-5;3-1-2-4/h2H,1H2;3-4H,1-2H2. The molecule has 0 heterocycles. The van der Waals surface area contributed by atoms with Gasteiger partial charge in [0.05, 0.1) is 13.2 Å². The molecule has 0 spiro atoms. The Balaban J connectivity index is 0. The Morgan fingerprint density at radius 1 is 1.64 bits per heavy atom. The molecule has 0 radical (unpaired) electrons. The number of hydrogen-bond acceptors (Lipinski definition) is 5. The molecule has 0 aliphatic rings. The lowest BCUT2D eigenvalue weighted by Crippen LogP contribution is -1.91. The Bertz CT molecular complexity index is 147. The quantitative estimate of drug-likeness (QED) is 0.311. The van der Waals surface area contributed by atoms with E-state index in [1.165, 1.54) is 6.26 Å². The molecular weight excluding hydrogens is 150 g/mol. The number of aliphatic hydroxyl groups excluding tert-OH is 2. The molecular formula is C6H9NO4. The first kappa shape index (κ1) is 12.3. The van der Waals surface area contributed by atoms with Crippen molar-refractivity contribution in [3.8, 4) is 6.26 Å². The molecule has 0 aliphatic heterocycles. The van der Waals surface area contributed by atoms with Crippen LogP contribution in [-0.2, 0) is 9.53 Å². The zero-order chi connectivity index (χ0) is 9.11. The molecule has 0 saturated carbocycles. The minimum atomic E-state index is -0.720. The van der Waals surface area contributed by atoms with Gasteiger partial charge in [-0.25, -0.2) is 4.79 Å². The fourth-order valence-electron chi connectivity index (χ4n) is 0.0867. The van der Waals surface area contributed by atoms with Crippen molar-refractivity contribution >= 4 is 5.97 Å². The van der Waals surface area contributed by atoms with E-state index in [4.69, 9.17) is 15.5 Å². The van der Waals surface area contributed by atoms with Crippen LogP contribution >= 0.6 is 0 Å². The molecule has 0 atom stereocenters. The number of aliphatic hydroxyl groups is 2. The molecule has 5 nitrogen and oxygen atoms in total. The lowest BCUT2D eigenvalue weighted by molar-refractivity contribution is -0.131. The monoisotopic (exact) mass is 159 g/mol. The molecule has 0 aromatic heterocycles. The van der Waals surface area contributed by atoms with E-state index >= 15 is 0 Å². The van der Waals surface area contributed by atoms with Gasteiger partial charge in [0.15, 0.2) is 0 Å². The van der Waals surface area contributed by atoms with Crippen LogP contribution in [0.2, 0.25) is 0 Å². The van der Waals surface area contributed by atoms with Gasteiger partial charge in [0.25, 0.3) is 6.26 Å². The Kier molecular flexibility index (Phi) is 12.8. The fraction of sp³-hybridized carbons (Fsp3) is 0.333. The first-order chi connectivity index (χ1) is 5.22. The molecule has 62 valence electrons. The first-order valence-corrected chi connectivity index (χ1v) is 2.67. The Morgan fingerprint density at radius 2 is 2.09 bits per heavy atom. The molecule has 0 bridgehead atoms. The second-order valence-corrected chi connectivity index (χ2v) is 1.16. The van der Waals surface area contributed by atoms with Crippen LogP contribution in [0.25, 0.3) is 0 Å². The van der Waals surface area contributed by atoms with Crippen LogP contribution in [0.3, 0.4) is 0 Å². The maximum Gasteiger partial charge on any atom is 0.345 e. The van der Waals surface area contributed by atoms with Crippen LogP contribution in [0.1, 0.15) is 0 Å². The number of rotatable bonds is 2. The summed E-state index contributed by atoms with van der Waals surface area (Å²) in [6, 6.07) is 0. The van der Waals surface area contributed by atoms with Crippen molar-refractivity contribution in [2.24, 2.45) is 0 Å². The zero-order valence-corrected chi connectivity index (χ0v) is 5.86. The van der Waals surface area contributed by atoms with Crippen molar-refractivity contribution in [3.05, 3.63) is 12.7 Å². The molecule has 2 N–H and O–H groups in total. The number of nitriles is 1. The van der Waals surface area contributed by atoms with Gasteiger partial charge >= 0.3 is 5.97 Å². The summed E-state index contributed by atoms with van der Waals surface area (Å²) in [4.78, 5) is 9.85. The smallest absolute Gasteiger partial charge is 0.345 e. The van der Waals surface area contributed by atoms with Gasteiger partial charge in [-0.05, 0) is 0 Å². The van der Waals surface area contributed by atoms with E-state index in [9.17, 15) is 4.79 Å². The predicted octanol–water partition coefficient (Wildman–Crippen LogP) is -0.832. The van der Waals surface area contributed by atoms with E-state index in [0.29, 0.717) is 0 Å². The van der Waals surface area contributed by atoms with Crippen LogP contribution in [0, 0.1) is 11.5 Å².